The molecule has 2 aromatic rings. The fourth-order valence-corrected chi connectivity index (χ4v) is 1.86. The number of hydrogen-bond acceptors (Lipinski definition) is 3. The van der Waals surface area contributed by atoms with E-state index in [1.807, 2.05) is 25.1 Å². The van der Waals surface area contributed by atoms with Crippen molar-refractivity contribution in [2.75, 3.05) is 0 Å². The van der Waals surface area contributed by atoms with E-state index in [0.717, 1.165) is 5.69 Å². The van der Waals surface area contributed by atoms with Crippen LogP contribution in [0.2, 0.25) is 0 Å². The largest absolute Gasteiger partial charge is 0.366 e. The van der Waals surface area contributed by atoms with E-state index in [1.165, 1.54) is 18.2 Å². The Bertz CT molecular complexity index is 601. The van der Waals surface area contributed by atoms with Crippen LogP contribution in [0.5, 0.6) is 0 Å². The highest BCUT2D eigenvalue weighted by molar-refractivity contribution is 5.92. The molecule has 1 atom stereocenters. The summed E-state index contributed by atoms with van der Waals surface area (Å²) < 4.78 is 13.7. The molecule has 2 rings (SSSR count). The van der Waals surface area contributed by atoms with Crippen LogP contribution in [-0.4, -0.2) is 10.9 Å². The molecule has 0 aliphatic heterocycles. The number of carbonyl (C=O) groups excluding carboxylic acids is 1. The minimum absolute atomic E-state index is 0.0205. The smallest absolute Gasteiger partial charge is 0.248 e. The molecule has 1 heterocycles. The monoisotopic (exact) mass is 273 g/mol. The van der Waals surface area contributed by atoms with Gasteiger partial charge in [-0.05, 0) is 37.3 Å². The van der Waals surface area contributed by atoms with Gasteiger partial charge in [-0.25, -0.2) is 4.39 Å². The molecule has 1 aromatic carbocycles. The second-order valence-electron chi connectivity index (χ2n) is 4.53. The van der Waals surface area contributed by atoms with E-state index in [9.17, 15) is 9.18 Å². The minimum atomic E-state index is -0.566. The molecule has 0 bridgehead atoms. The van der Waals surface area contributed by atoms with Crippen molar-refractivity contribution >= 4 is 5.91 Å². The summed E-state index contributed by atoms with van der Waals surface area (Å²) in [5.41, 5.74) is 6.77. The third kappa shape index (κ3) is 3.39. The first-order valence-electron chi connectivity index (χ1n) is 6.30. The van der Waals surface area contributed by atoms with Gasteiger partial charge in [0.2, 0.25) is 5.91 Å². The van der Waals surface area contributed by atoms with Gasteiger partial charge >= 0.3 is 0 Å². The van der Waals surface area contributed by atoms with Crippen LogP contribution >= 0.6 is 0 Å². The summed E-state index contributed by atoms with van der Waals surface area (Å²) in [5, 5.41) is 3.17. The molecule has 0 spiro atoms. The maximum absolute atomic E-state index is 13.7. The Morgan fingerprint density at radius 1 is 1.40 bits per heavy atom. The molecule has 0 fully saturated rings. The third-order valence-corrected chi connectivity index (χ3v) is 3.06. The first kappa shape index (κ1) is 14.1. The van der Waals surface area contributed by atoms with Crippen LogP contribution in [0, 0.1) is 5.82 Å². The summed E-state index contributed by atoms with van der Waals surface area (Å²) in [6.07, 6.45) is 1.71. The number of pyridine rings is 1. The van der Waals surface area contributed by atoms with Crippen LogP contribution in [0.1, 0.15) is 34.6 Å². The zero-order valence-electron chi connectivity index (χ0n) is 11.1. The number of nitrogens with zero attached hydrogens (tertiary/aromatic N) is 1. The highest BCUT2D eigenvalue weighted by Gasteiger charge is 2.10. The number of carbonyl (C=O) groups is 1. The topological polar surface area (TPSA) is 68.0 Å². The Morgan fingerprint density at radius 2 is 2.20 bits per heavy atom. The Morgan fingerprint density at radius 3 is 2.85 bits per heavy atom. The number of aromatic nitrogens is 1. The molecule has 0 saturated heterocycles. The van der Waals surface area contributed by atoms with Gasteiger partial charge in [0, 0.05) is 29.9 Å². The average molecular weight is 273 g/mol. The highest BCUT2D eigenvalue weighted by Crippen LogP contribution is 2.13. The number of hydrogen-bond donors (Lipinski definition) is 2. The fraction of sp³-hybridized carbons (Fsp3) is 0.200. The van der Waals surface area contributed by atoms with Crippen LogP contribution < -0.4 is 11.1 Å². The van der Waals surface area contributed by atoms with E-state index < -0.39 is 5.91 Å². The lowest BCUT2D eigenvalue weighted by atomic mass is 10.1. The molecule has 0 saturated carbocycles. The van der Waals surface area contributed by atoms with Crippen molar-refractivity contribution in [1.29, 1.82) is 0 Å². The van der Waals surface area contributed by atoms with Gasteiger partial charge in [-0.1, -0.05) is 6.07 Å². The van der Waals surface area contributed by atoms with Crippen molar-refractivity contribution < 1.29 is 9.18 Å². The SMILES string of the molecule is C[C@@H](NCc1cc(C(N)=O)ccc1F)c1ccccn1. The zero-order valence-corrected chi connectivity index (χ0v) is 11.1. The molecule has 1 amide bonds. The standard InChI is InChI=1S/C15H16FN3O/c1-10(14-4-2-3-7-18-14)19-9-12-8-11(15(17)20)5-6-13(12)16/h2-8,10,19H,9H2,1H3,(H2,17,20)/t10-/m1/s1. The van der Waals surface area contributed by atoms with Crippen molar-refractivity contribution in [3.63, 3.8) is 0 Å². The van der Waals surface area contributed by atoms with Crippen LogP contribution in [0.15, 0.2) is 42.6 Å². The molecule has 104 valence electrons. The van der Waals surface area contributed by atoms with E-state index in [2.05, 4.69) is 10.3 Å². The van der Waals surface area contributed by atoms with Crippen LogP contribution in [0.3, 0.4) is 0 Å². The van der Waals surface area contributed by atoms with E-state index in [0.29, 0.717) is 17.7 Å². The first-order valence-corrected chi connectivity index (χ1v) is 6.30. The summed E-state index contributed by atoms with van der Waals surface area (Å²) in [6.45, 7) is 2.24. The van der Waals surface area contributed by atoms with Gasteiger partial charge in [0.15, 0.2) is 0 Å². The van der Waals surface area contributed by atoms with Gasteiger partial charge in [0.25, 0.3) is 0 Å². The van der Waals surface area contributed by atoms with E-state index in [1.54, 1.807) is 6.20 Å². The number of nitrogens with two attached hydrogens (primary N) is 1. The van der Waals surface area contributed by atoms with Gasteiger partial charge in [-0.2, -0.15) is 0 Å². The fourth-order valence-electron chi connectivity index (χ4n) is 1.86. The number of primary amides is 1. The number of amides is 1. The highest BCUT2D eigenvalue weighted by atomic mass is 19.1. The van der Waals surface area contributed by atoms with Crippen LogP contribution in [0.25, 0.3) is 0 Å². The van der Waals surface area contributed by atoms with Crippen LogP contribution in [-0.2, 0) is 6.54 Å². The molecule has 5 heteroatoms. The van der Waals surface area contributed by atoms with Gasteiger partial charge in [-0.15, -0.1) is 0 Å². The maximum atomic E-state index is 13.7. The zero-order chi connectivity index (χ0) is 14.5. The maximum Gasteiger partial charge on any atom is 0.248 e. The predicted octanol–water partition coefficient (Wildman–Crippen LogP) is 2.17. The molecule has 20 heavy (non-hydrogen) atoms. The normalized spacial score (nSPS) is 12.1. The van der Waals surface area contributed by atoms with E-state index in [-0.39, 0.29) is 11.9 Å². The van der Waals surface area contributed by atoms with Crippen molar-refractivity contribution in [3.8, 4) is 0 Å². The van der Waals surface area contributed by atoms with Gasteiger partial charge in [0.1, 0.15) is 5.82 Å². The second kappa shape index (κ2) is 6.25. The molecule has 0 unspecified atom stereocenters. The Balaban J connectivity index is 2.07. The number of halogens is 1. The summed E-state index contributed by atoms with van der Waals surface area (Å²) in [6, 6.07) is 9.71. The summed E-state index contributed by atoms with van der Waals surface area (Å²) >= 11 is 0. The Labute approximate surface area is 116 Å². The van der Waals surface area contributed by atoms with Gasteiger partial charge in [-0.3, -0.25) is 9.78 Å². The number of rotatable bonds is 5. The lowest BCUT2D eigenvalue weighted by Gasteiger charge is -2.14. The Hall–Kier alpha value is -2.27. The van der Waals surface area contributed by atoms with Crippen molar-refractivity contribution in [3.05, 3.63) is 65.2 Å². The Kier molecular flexibility index (Phi) is 4.42. The predicted molar refractivity (Wildman–Crippen MR) is 74.4 cm³/mol. The molecule has 1 aromatic heterocycles. The summed E-state index contributed by atoms with van der Waals surface area (Å²) in [5.74, 6) is -0.931. The molecule has 0 aliphatic rings. The molecular formula is C15H16FN3O. The van der Waals surface area contributed by atoms with Crippen molar-refractivity contribution in [2.45, 2.75) is 19.5 Å². The van der Waals surface area contributed by atoms with Crippen molar-refractivity contribution in [2.24, 2.45) is 5.73 Å². The molecule has 4 nitrogen and oxygen atoms in total. The summed E-state index contributed by atoms with van der Waals surface area (Å²) in [7, 11) is 0. The molecule has 0 aliphatic carbocycles. The van der Waals surface area contributed by atoms with Gasteiger partial charge in [0.05, 0.1) is 5.69 Å². The third-order valence-electron chi connectivity index (χ3n) is 3.06. The number of benzene rings is 1. The molecule has 0 radical (unpaired) electrons. The number of nitrogens with one attached hydrogen (secondary N) is 1. The van der Waals surface area contributed by atoms with Gasteiger partial charge < -0.3 is 11.1 Å². The molecular weight excluding hydrogens is 257 g/mol. The second-order valence-corrected chi connectivity index (χ2v) is 4.53. The first-order chi connectivity index (χ1) is 9.58. The lowest BCUT2D eigenvalue weighted by Crippen LogP contribution is -2.20. The quantitative estimate of drug-likeness (QED) is 0.877. The minimum Gasteiger partial charge on any atom is -0.366 e. The summed E-state index contributed by atoms with van der Waals surface area (Å²) in [4.78, 5) is 15.3. The van der Waals surface area contributed by atoms with E-state index >= 15 is 0 Å². The van der Waals surface area contributed by atoms with E-state index in [4.69, 9.17) is 5.73 Å². The van der Waals surface area contributed by atoms with Crippen LogP contribution in [0.4, 0.5) is 4.39 Å². The lowest BCUT2D eigenvalue weighted by molar-refractivity contribution is 0.1000. The van der Waals surface area contributed by atoms with Crippen molar-refractivity contribution in [1.82, 2.24) is 10.3 Å². The average Bonchev–Trinajstić information content (AvgIpc) is 2.46. The molecule has 3 N–H and O–H groups in total.